The number of fused-ring (bicyclic) bond motifs is 1. The van der Waals surface area contributed by atoms with Crippen LogP contribution in [0, 0.1) is 11.8 Å². The normalized spacial score (nSPS) is 26.6. The zero-order valence-corrected chi connectivity index (χ0v) is 13.2. The van der Waals surface area contributed by atoms with Gasteiger partial charge in [0.2, 0.25) is 0 Å². The molecule has 1 aliphatic rings. The van der Waals surface area contributed by atoms with Crippen LogP contribution in [0.25, 0.3) is 10.1 Å². The van der Waals surface area contributed by atoms with Gasteiger partial charge < -0.3 is 5.11 Å². The number of hydrogen-bond donors (Lipinski definition) is 1. The van der Waals surface area contributed by atoms with Crippen LogP contribution in [0.4, 0.5) is 0 Å². The summed E-state index contributed by atoms with van der Waals surface area (Å²) in [7, 11) is 0. The molecular formula is C18H24OS. The van der Waals surface area contributed by atoms with E-state index >= 15 is 0 Å². The van der Waals surface area contributed by atoms with Crippen molar-refractivity contribution in [2.45, 2.75) is 51.6 Å². The molecule has 108 valence electrons. The Morgan fingerprint density at radius 3 is 2.75 bits per heavy atom. The van der Waals surface area contributed by atoms with Crippen LogP contribution in [0.2, 0.25) is 0 Å². The second-order valence-electron chi connectivity index (χ2n) is 6.36. The fraction of sp³-hybridized carbons (Fsp3) is 0.556. The van der Waals surface area contributed by atoms with Gasteiger partial charge in [-0.3, -0.25) is 0 Å². The van der Waals surface area contributed by atoms with E-state index in [1.165, 1.54) is 42.2 Å². The summed E-state index contributed by atoms with van der Waals surface area (Å²) in [4.78, 5) is 1.14. The molecule has 0 radical (unpaired) electrons. The molecule has 3 rings (SSSR count). The summed E-state index contributed by atoms with van der Waals surface area (Å²) in [5.41, 5.74) is -0.676. The predicted molar refractivity (Wildman–Crippen MR) is 87.1 cm³/mol. The molecule has 2 aromatic rings. The zero-order chi connectivity index (χ0) is 14.2. The first-order chi connectivity index (χ1) is 9.63. The van der Waals surface area contributed by atoms with E-state index in [0.29, 0.717) is 11.8 Å². The molecule has 0 aliphatic heterocycles. The lowest BCUT2D eigenvalue weighted by Gasteiger charge is -2.40. The molecule has 3 atom stereocenters. The Bertz CT molecular complexity index is 551. The van der Waals surface area contributed by atoms with Crippen LogP contribution < -0.4 is 0 Å². The molecule has 0 amide bonds. The molecule has 1 aromatic carbocycles. The molecule has 1 fully saturated rings. The van der Waals surface area contributed by atoms with Gasteiger partial charge in [-0.25, -0.2) is 0 Å². The van der Waals surface area contributed by atoms with Crippen molar-refractivity contribution in [1.29, 1.82) is 0 Å². The Labute approximate surface area is 125 Å². The van der Waals surface area contributed by atoms with Crippen molar-refractivity contribution in [2.24, 2.45) is 11.8 Å². The highest BCUT2D eigenvalue weighted by atomic mass is 32.1. The summed E-state index contributed by atoms with van der Waals surface area (Å²) in [5.74, 6) is 1.08. The molecule has 2 heteroatoms. The fourth-order valence-corrected chi connectivity index (χ4v) is 5.02. The van der Waals surface area contributed by atoms with Gasteiger partial charge in [-0.15, -0.1) is 11.3 Å². The van der Waals surface area contributed by atoms with E-state index in [0.717, 1.165) is 4.88 Å². The van der Waals surface area contributed by atoms with E-state index in [4.69, 9.17) is 0 Å². The minimum atomic E-state index is -0.676. The van der Waals surface area contributed by atoms with Crippen molar-refractivity contribution in [3.63, 3.8) is 0 Å². The molecule has 20 heavy (non-hydrogen) atoms. The lowest BCUT2D eigenvalue weighted by atomic mass is 9.69. The van der Waals surface area contributed by atoms with Gasteiger partial charge in [-0.05, 0) is 42.7 Å². The number of hydrogen-bond acceptors (Lipinski definition) is 2. The third kappa shape index (κ3) is 2.40. The van der Waals surface area contributed by atoms with Crippen LogP contribution in [-0.2, 0) is 5.60 Å². The molecule has 3 unspecified atom stereocenters. The molecule has 1 nitrogen and oxygen atoms in total. The van der Waals surface area contributed by atoms with E-state index in [9.17, 15) is 5.11 Å². The van der Waals surface area contributed by atoms with Crippen molar-refractivity contribution < 1.29 is 5.11 Å². The third-order valence-corrected chi connectivity index (χ3v) is 6.42. The average molecular weight is 288 g/mol. The van der Waals surface area contributed by atoms with Gasteiger partial charge in [0.25, 0.3) is 0 Å². The van der Waals surface area contributed by atoms with Crippen molar-refractivity contribution in [1.82, 2.24) is 0 Å². The molecule has 1 N–H and O–H groups in total. The standard InChI is InChI=1S/C18H24OS/c1-3-13-8-4-6-10-15(13)18(2,19)17-12-14-9-5-7-11-16(14)20-17/h5,7,9,11-13,15,19H,3-4,6,8,10H2,1-2H3. The van der Waals surface area contributed by atoms with Gasteiger partial charge in [0, 0.05) is 9.58 Å². The quantitative estimate of drug-likeness (QED) is 0.810. The minimum absolute atomic E-state index is 0.411. The van der Waals surface area contributed by atoms with Gasteiger partial charge in [0.05, 0.1) is 5.60 Å². The minimum Gasteiger partial charge on any atom is -0.384 e. The van der Waals surface area contributed by atoms with E-state index in [1.54, 1.807) is 11.3 Å². The summed E-state index contributed by atoms with van der Waals surface area (Å²) < 4.78 is 1.28. The predicted octanol–water partition coefficient (Wildman–Crippen LogP) is 5.33. The molecular weight excluding hydrogens is 264 g/mol. The SMILES string of the molecule is CCC1CCCCC1C(C)(O)c1cc2ccccc2s1. The van der Waals surface area contributed by atoms with Crippen LogP contribution in [0.1, 0.15) is 50.8 Å². The van der Waals surface area contributed by atoms with E-state index < -0.39 is 5.60 Å². The van der Waals surface area contributed by atoms with Crippen molar-refractivity contribution in [3.05, 3.63) is 35.2 Å². The molecule has 0 bridgehead atoms. The van der Waals surface area contributed by atoms with Crippen LogP contribution in [0.3, 0.4) is 0 Å². The first-order valence-electron chi connectivity index (χ1n) is 7.84. The number of rotatable bonds is 3. The molecule has 0 spiro atoms. The maximum absolute atomic E-state index is 11.2. The van der Waals surface area contributed by atoms with Crippen LogP contribution in [-0.4, -0.2) is 5.11 Å². The number of thiophene rings is 1. The zero-order valence-electron chi connectivity index (χ0n) is 12.4. The number of benzene rings is 1. The highest BCUT2D eigenvalue weighted by Crippen LogP contribution is 2.46. The van der Waals surface area contributed by atoms with Gasteiger partial charge in [0.15, 0.2) is 0 Å². The van der Waals surface area contributed by atoms with Crippen molar-refractivity contribution >= 4 is 21.4 Å². The largest absolute Gasteiger partial charge is 0.384 e. The lowest BCUT2D eigenvalue weighted by molar-refractivity contribution is -0.0459. The van der Waals surface area contributed by atoms with Gasteiger partial charge in [0.1, 0.15) is 0 Å². The lowest BCUT2D eigenvalue weighted by Crippen LogP contribution is -2.37. The average Bonchev–Trinajstić information content (AvgIpc) is 2.92. The summed E-state index contributed by atoms with van der Waals surface area (Å²) in [5, 5.41) is 12.5. The molecule has 1 aromatic heterocycles. The second-order valence-corrected chi connectivity index (χ2v) is 7.44. The fourth-order valence-electron chi connectivity index (χ4n) is 3.85. The maximum Gasteiger partial charge on any atom is 0.0990 e. The van der Waals surface area contributed by atoms with Crippen LogP contribution >= 0.6 is 11.3 Å². The third-order valence-electron chi connectivity index (χ3n) is 5.08. The molecule has 1 heterocycles. The molecule has 1 saturated carbocycles. The Kier molecular flexibility index (Phi) is 3.87. The highest BCUT2D eigenvalue weighted by molar-refractivity contribution is 7.19. The van der Waals surface area contributed by atoms with E-state index in [-0.39, 0.29) is 0 Å². The summed E-state index contributed by atoms with van der Waals surface area (Å²) in [6, 6.07) is 10.6. The van der Waals surface area contributed by atoms with E-state index in [2.05, 4.69) is 37.3 Å². The first-order valence-corrected chi connectivity index (χ1v) is 8.66. The van der Waals surface area contributed by atoms with Crippen LogP contribution in [0.5, 0.6) is 0 Å². The topological polar surface area (TPSA) is 20.2 Å². The maximum atomic E-state index is 11.2. The Morgan fingerprint density at radius 1 is 1.25 bits per heavy atom. The van der Waals surface area contributed by atoms with Gasteiger partial charge in [-0.1, -0.05) is 50.8 Å². The van der Waals surface area contributed by atoms with E-state index in [1.807, 2.05) is 6.92 Å². The first kappa shape index (κ1) is 14.1. The summed E-state index contributed by atoms with van der Waals surface area (Å²) in [6.07, 6.45) is 6.23. The van der Waals surface area contributed by atoms with Crippen molar-refractivity contribution in [3.8, 4) is 0 Å². The van der Waals surface area contributed by atoms with Gasteiger partial charge >= 0.3 is 0 Å². The Hall–Kier alpha value is -0.860. The summed E-state index contributed by atoms with van der Waals surface area (Å²) >= 11 is 1.76. The highest BCUT2D eigenvalue weighted by Gasteiger charge is 2.40. The van der Waals surface area contributed by atoms with Crippen LogP contribution in [0.15, 0.2) is 30.3 Å². The Morgan fingerprint density at radius 2 is 2.00 bits per heavy atom. The van der Waals surface area contributed by atoms with Gasteiger partial charge in [-0.2, -0.15) is 0 Å². The number of aliphatic hydroxyl groups is 1. The molecule has 1 aliphatic carbocycles. The summed E-state index contributed by atoms with van der Waals surface area (Å²) in [6.45, 7) is 4.31. The Balaban J connectivity index is 1.96. The second kappa shape index (κ2) is 5.50. The smallest absolute Gasteiger partial charge is 0.0990 e. The monoisotopic (exact) mass is 288 g/mol. The van der Waals surface area contributed by atoms with Crippen molar-refractivity contribution in [2.75, 3.05) is 0 Å². The molecule has 0 saturated heterocycles.